The van der Waals surface area contributed by atoms with Gasteiger partial charge in [-0.3, -0.25) is 9.59 Å². The predicted molar refractivity (Wildman–Crippen MR) is 130 cm³/mol. The molecule has 4 nitrogen and oxygen atoms in total. The van der Waals surface area contributed by atoms with Crippen LogP contribution in [-0.4, -0.2) is 54.7 Å². The number of carbonyl (C=O) groups excluding carboxylic acids is 2. The maximum absolute atomic E-state index is 12.8. The topological polar surface area (TPSA) is 40.6 Å². The van der Waals surface area contributed by atoms with Crippen molar-refractivity contribution in [1.82, 2.24) is 9.80 Å². The van der Waals surface area contributed by atoms with Gasteiger partial charge >= 0.3 is 0 Å². The number of likely N-dealkylation sites (N-methyl/N-ethyl adjacent to an activating group) is 1. The van der Waals surface area contributed by atoms with Crippen LogP contribution < -0.4 is 0 Å². The van der Waals surface area contributed by atoms with Crippen molar-refractivity contribution in [2.75, 3.05) is 33.2 Å². The molecule has 0 bridgehead atoms. The minimum Gasteiger partial charge on any atom is -0.343 e. The maximum atomic E-state index is 12.8. The van der Waals surface area contributed by atoms with Gasteiger partial charge in [0.25, 0.3) is 0 Å². The Labute approximate surface area is 196 Å². The van der Waals surface area contributed by atoms with Crippen molar-refractivity contribution >= 4 is 23.3 Å². The SMILES string of the molecule is CN1CCCc2ccc(C(=O)CCC(=O)N3CCC(c4ccc(Cl)cc4)CC3)cc2CC1. The van der Waals surface area contributed by atoms with Crippen molar-refractivity contribution in [1.29, 1.82) is 0 Å². The number of aryl methyl sites for hydroxylation is 1. The molecule has 2 heterocycles. The Balaban J connectivity index is 1.28. The molecule has 0 aliphatic carbocycles. The molecule has 170 valence electrons. The second kappa shape index (κ2) is 10.6. The van der Waals surface area contributed by atoms with E-state index in [2.05, 4.69) is 36.2 Å². The van der Waals surface area contributed by atoms with E-state index < -0.39 is 0 Å². The van der Waals surface area contributed by atoms with E-state index in [9.17, 15) is 9.59 Å². The summed E-state index contributed by atoms with van der Waals surface area (Å²) in [6.45, 7) is 3.66. The van der Waals surface area contributed by atoms with E-state index in [1.54, 1.807) is 0 Å². The molecular weight excluding hydrogens is 420 g/mol. The number of benzene rings is 2. The number of fused-ring (bicyclic) bond motifs is 1. The molecule has 1 amide bonds. The molecule has 2 aliphatic heterocycles. The van der Waals surface area contributed by atoms with Gasteiger partial charge in [0.05, 0.1) is 0 Å². The Bertz CT molecular complexity index is 949. The largest absolute Gasteiger partial charge is 0.343 e. The third kappa shape index (κ3) is 5.79. The minimum atomic E-state index is 0.0765. The van der Waals surface area contributed by atoms with Crippen molar-refractivity contribution in [2.45, 2.75) is 50.9 Å². The summed E-state index contributed by atoms with van der Waals surface area (Å²) < 4.78 is 0. The van der Waals surface area contributed by atoms with E-state index in [-0.39, 0.29) is 18.1 Å². The highest BCUT2D eigenvalue weighted by molar-refractivity contribution is 6.30. The summed E-state index contributed by atoms with van der Waals surface area (Å²) in [6, 6.07) is 14.2. The average molecular weight is 453 g/mol. The summed E-state index contributed by atoms with van der Waals surface area (Å²) >= 11 is 5.99. The fourth-order valence-electron chi connectivity index (χ4n) is 4.96. The van der Waals surface area contributed by atoms with E-state index in [4.69, 9.17) is 11.6 Å². The number of piperidine rings is 1. The normalized spacial score (nSPS) is 18.0. The highest BCUT2D eigenvalue weighted by Gasteiger charge is 2.24. The smallest absolute Gasteiger partial charge is 0.223 e. The van der Waals surface area contributed by atoms with Gasteiger partial charge in [-0.25, -0.2) is 0 Å². The van der Waals surface area contributed by atoms with Gasteiger partial charge in [-0.2, -0.15) is 0 Å². The first-order valence-corrected chi connectivity index (χ1v) is 12.2. The number of hydrogen-bond acceptors (Lipinski definition) is 3. The Kier molecular flexibility index (Phi) is 7.64. The van der Waals surface area contributed by atoms with Gasteiger partial charge in [0.2, 0.25) is 5.91 Å². The molecule has 0 unspecified atom stereocenters. The summed E-state index contributed by atoms with van der Waals surface area (Å²) in [5, 5.41) is 0.753. The minimum absolute atomic E-state index is 0.0765. The zero-order chi connectivity index (χ0) is 22.5. The lowest BCUT2D eigenvalue weighted by Gasteiger charge is -2.32. The lowest BCUT2D eigenvalue weighted by molar-refractivity contribution is -0.132. The van der Waals surface area contributed by atoms with Crippen LogP contribution in [0.1, 0.15) is 65.1 Å². The number of ketones is 1. The fourth-order valence-corrected chi connectivity index (χ4v) is 5.08. The van der Waals surface area contributed by atoms with Crippen LogP contribution in [0.2, 0.25) is 5.02 Å². The zero-order valence-electron chi connectivity index (χ0n) is 19.0. The summed E-state index contributed by atoms with van der Waals surface area (Å²) in [4.78, 5) is 29.8. The van der Waals surface area contributed by atoms with Gasteiger partial charge in [-0.1, -0.05) is 35.9 Å². The fraction of sp³-hybridized carbons (Fsp3) is 0.481. The molecule has 0 radical (unpaired) electrons. The van der Waals surface area contributed by atoms with Gasteiger partial charge in [0, 0.05) is 43.1 Å². The van der Waals surface area contributed by atoms with Gasteiger partial charge in [0.15, 0.2) is 5.78 Å². The lowest BCUT2D eigenvalue weighted by Crippen LogP contribution is -2.38. The summed E-state index contributed by atoms with van der Waals surface area (Å²) in [5.41, 5.74) is 4.70. The lowest BCUT2D eigenvalue weighted by atomic mass is 9.89. The first-order chi connectivity index (χ1) is 15.5. The van der Waals surface area contributed by atoms with E-state index in [1.165, 1.54) is 16.7 Å². The van der Waals surface area contributed by atoms with E-state index in [1.807, 2.05) is 23.1 Å². The number of carbonyl (C=O) groups is 2. The van der Waals surface area contributed by atoms with E-state index in [0.717, 1.165) is 68.9 Å². The number of amides is 1. The van der Waals surface area contributed by atoms with Crippen molar-refractivity contribution < 1.29 is 9.59 Å². The van der Waals surface area contributed by atoms with Crippen molar-refractivity contribution in [2.24, 2.45) is 0 Å². The highest BCUT2D eigenvalue weighted by Crippen LogP contribution is 2.29. The zero-order valence-corrected chi connectivity index (χ0v) is 19.7. The predicted octanol–water partition coefficient (Wildman–Crippen LogP) is 5.13. The summed E-state index contributed by atoms with van der Waals surface area (Å²) in [5.74, 6) is 0.647. The van der Waals surface area contributed by atoms with Crippen molar-refractivity contribution in [3.63, 3.8) is 0 Å². The van der Waals surface area contributed by atoms with Gasteiger partial charge in [0.1, 0.15) is 0 Å². The van der Waals surface area contributed by atoms with Gasteiger partial charge in [-0.15, -0.1) is 0 Å². The highest BCUT2D eigenvalue weighted by atomic mass is 35.5. The van der Waals surface area contributed by atoms with Crippen LogP contribution in [0.4, 0.5) is 0 Å². The molecule has 0 spiro atoms. The molecule has 2 aromatic carbocycles. The van der Waals surface area contributed by atoms with Crippen LogP contribution in [0.25, 0.3) is 0 Å². The molecule has 0 N–H and O–H groups in total. The van der Waals surface area contributed by atoms with Gasteiger partial charge in [-0.05, 0) is 86.5 Å². The van der Waals surface area contributed by atoms with Crippen LogP contribution in [0, 0.1) is 0 Å². The average Bonchev–Trinajstić information content (AvgIpc) is 2.80. The molecule has 0 atom stereocenters. The summed E-state index contributed by atoms with van der Waals surface area (Å²) in [6.07, 6.45) is 5.70. The molecule has 32 heavy (non-hydrogen) atoms. The van der Waals surface area contributed by atoms with Crippen LogP contribution in [0.3, 0.4) is 0 Å². The number of rotatable bonds is 5. The Morgan fingerprint density at radius 1 is 0.906 bits per heavy atom. The Morgan fingerprint density at radius 3 is 2.41 bits per heavy atom. The van der Waals surface area contributed by atoms with Crippen LogP contribution in [0.15, 0.2) is 42.5 Å². The Morgan fingerprint density at radius 2 is 1.66 bits per heavy atom. The Hall–Kier alpha value is -2.17. The van der Waals surface area contributed by atoms with E-state index in [0.29, 0.717) is 12.3 Å². The molecular formula is C27H33ClN2O2. The monoisotopic (exact) mass is 452 g/mol. The number of nitrogens with zero attached hydrogens (tertiary/aromatic N) is 2. The quantitative estimate of drug-likeness (QED) is 0.590. The molecule has 4 rings (SSSR count). The maximum Gasteiger partial charge on any atom is 0.223 e. The molecule has 1 saturated heterocycles. The van der Waals surface area contributed by atoms with Crippen molar-refractivity contribution in [3.8, 4) is 0 Å². The molecule has 2 aliphatic rings. The first kappa shape index (κ1) is 23.0. The van der Waals surface area contributed by atoms with E-state index >= 15 is 0 Å². The summed E-state index contributed by atoms with van der Waals surface area (Å²) in [7, 11) is 2.16. The van der Waals surface area contributed by atoms with Crippen molar-refractivity contribution in [3.05, 3.63) is 69.7 Å². The number of halogens is 1. The number of Topliss-reactive ketones (excluding diaryl/α,β-unsaturated/α-hetero) is 1. The second-order valence-electron chi connectivity index (χ2n) is 9.27. The van der Waals surface area contributed by atoms with Gasteiger partial charge < -0.3 is 9.80 Å². The van der Waals surface area contributed by atoms with Crippen LogP contribution in [-0.2, 0) is 17.6 Å². The molecule has 5 heteroatoms. The number of likely N-dealkylation sites (tertiary alicyclic amines) is 1. The molecule has 1 fully saturated rings. The second-order valence-corrected chi connectivity index (χ2v) is 9.71. The third-order valence-corrected chi connectivity index (χ3v) is 7.28. The third-order valence-electron chi connectivity index (χ3n) is 7.03. The van der Waals surface area contributed by atoms with Crippen LogP contribution in [0.5, 0.6) is 0 Å². The number of hydrogen-bond donors (Lipinski definition) is 0. The first-order valence-electron chi connectivity index (χ1n) is 11.9. The van der Waals surface area contributed by atoms with Crippen LogP contribution >= 0.6 is 11.6 Å². The standard InChI is InChI=1S/C27H33ClN2O2/c1-29-15-2-3-20-4-5-24(19-23(20)12-16-29)26(31)10-11-27(32)30-17-13-22(14-18-30)21-6-8-25(28)9-7-21/h4-9,19,22H,2-3,10-18H2,1H3. The molecule has 2 aromatic rings. The molecule has 0 saturated carbocycles. The molecule has 0 aromatic heterocycles.